The summed E-state index contributed by atoms with van der Waals surface area (Å²) in [6.07, 6.45) is 8.85. The lowest BCUT2D eigenvalue weighted by Gasteiger charge is -2.42. The van der Waals surface area contributed by atoms with Gasteiger partial charge in [0.25, 0.3) is 0 Å². The topological polar surface area (TPSA) is 94.8 Å². The van der Waals surface area contributed by atoms with E-state index < -0.39 is 20.3 Å². The molecule has 0 saturated heterocycles. The fraction of sp³-hybridized carbons (Fsp3) is 0.767. The summed E-state index contributed by atoms with van der Waals surface area (Å²) in [5.74, 6) is 2.46. The zero-order valence-electron chi connectivity index (χ0n) is 26.0. The molecule has 0 bridgehead atoms. The highest BCUT2D eigenvalue weighted by atomic mass is 32.1. The first-order valence-corrected chi connectivity index (χ1v) is 18.2. The highest BCUT2D eigenvalue weighted by molar-refractivity contribution is 7.09. The number of hydrogen-bond donors (Lipinski definition) is 1. The van der Waals surface area contributed by atoms with Gasteiger partial charge < -0.3 is 19.8 Å². The summed E-state index contributed by atoms with van der Waals surface area (Å²) in [6.45, 7) is 22.1. The molecule has 0 saturated carbocycles. The van der Waals surface area contributed by atoms with Gasteiger partial charge >= 0.3 is 5.97 Å². The van der Waals surface area contributed by atoms with E-state index in [2.05, 4.69) is 65.5 Å². The van der Waals surface area contributed by atoms with Gasteiger partial charge in [-0.2, -0.15) is 0 Å². The van der Waals surface area contributed by atoms with Crippen molar-refractivity contribution in [1.82, 2.24) is 9.88 Å². The predicted molar refractivity (Wildman–Crippen MR) is 164 cm³/mol. The zero-order chi connectivity index (χ0) is 30.0. The number of hydrogen-bond acceptors (Lipinski definition) is 7. The molecule has 0 aliphatic heterocycles. The normalized spacial score (nSPS) is 15.4. The fourth-order valence-electron chi connectivity index (χ4n) is 4.08. The van der Waals surface area contributed by atoms with Gasteiger partial charge in [0, 0.05) is 24.4 Å². The predicted octanol–water partition coefficient (Wildman–Crippen LogP) is 6.80. The number of carbonyl (C=O) groups excluding carboxylic acids is 2. The molecule has 1 heterocycles. The van der Waals surface area contributed by atoms with E-state index in [1.165, 1.54) is 11.3 Å². The summed E-state index contributed by atoms with van der Waals surface area (Å²) in [6, 6.07) is -0.693. The number of esters is 1. The van der Waals surface area contributed by atoms with Crippen molar-refractivity contribution in [2.24, 2.45) is 17.6 Å². The minimum Gasteiger partial charge on any atom is -0.461 e. The van der Waals surface area contributed by atoms with Crippen LogP contribution in [0.25, 0.3) is 0 Å². The lowest BCUT2D eigenvalue weighted by atomic mass is 9.92. The van der Waals surface area contributed by atoms with E-state index in [9.17, 15) is 9.59 Å². The largest absolute Gasteiger partial charge is 0.461 e. The van der Waals surface area contributed by atoms with Crippen LogP contribution in [-0.4, -0.2) is 55.3 Å². The van der Waals surface area contributed by atoms with Gasteiger partial charge in [-0.3, -0.25) is 4.79 Å². The minimum absolute atomic E-state index is 0.0244. The van der Waals surface area contributed by atoms with Crippen molar-refractivity contribution >= 4 is 31.5 Å². The van der Waals surface area contributed by atoms with Crippen LogP contribution in [0.2, 0.25) is 18.1 Å². The van der Waals surface area contributed by atoms with Crippen LogP contribution in [0.3, 0.4) is 0 Å². The van der Waals surface area contributed by atoms with Crippen LogP contribution in [0.15, 0.2) is 5.38 Å². The van der Waals surface area contributed by atoms with Crippen molar-refractivity contribution in [3.8, 4) is 12.3 Å². The smallest absolute Gasteiger partial charge is 0.357 e. The van der Waals surface area contributed by atoms with Gasteiger partial charge in [0.1, 0.15) is 5.01 Å². The number of rotatable bonds is 16. The molecule has 0 aliphatic rings. The second-order valence-corrected chi connectivity index (χ2v) is 18.0. The maximum absolute atomic E-state index is 13.8. The van der Waals surface area contributed by atoms with Gasteiger partial charge in [-0.05, 0) is 56.2 Å². The summed E-state index contributed by atoms with van der Waals surface area (Å²) >= 11 is 1.41. The second-order valence-electron chi connectivity index (χ2n) is 12.3. The number of nitrogens with zero attached hydrogens (tertiary/aromatic N) is 2. The first kappa shape index (κ1) is 35.3. The summed E-state index contributed by atoms with van der Waals surface area (Å²) in [4.78, 5) is 32.9. The van der Waals surface area contributed by atoms with E-state index in [0.717, 1.165) is 24.3 Å². The maximum Gasteiger partial charge on any atom is 0.357 e. The SMILES string of the molecule is C#CCCCCN(C(=O)C(N)C(C)CC)C(CC(O[Si](C)(C)C(C)(C)C)c1nc(C(=O)OCC)cs1)C(C)C. The molecule has 222 valence electrons. The van der Waals surface area contributed by atoms with Crippen LogP contribution < -0.4 is 5.73 Å². The third-order valence-corrected chi connectivity index (χ3v) is 13.4. The molecule has 1 aromatic heterocycles. The minimum atomic E-state index is -2.23. The third-order valence-electron chi connectivity index (χ3n) is 7.95. The Hall–Kier alpha value is -1.73. The lowest BCUT2D eigenvalue weighted by molar-refractivity contribution is -0.138. The van der Waals surface area contributed by atoms with E-state index in [4.69, 9.17) is 21.3 Å². The van der Waals surface area contributed by atoms with Gasteiger partial charge in [-0.1, -0.05) is 54.9 Å². The van der Waals surface area contributed by atoms with Crippen molar-refractivity contribution in [2.75, 3.05) is 13.2 Å². The average Bonchev–Trinajstić information content (AvgIpc) is 3.35. The second kappa shape index (κ2) is 15.9. The lowest BCUT2D eigenvalue weighted by Crippen LogP contribution is -2.53. The van der Waals surface area contributed by atoms with Crippen LogP contribution >= 0.6 is 11.3 Å². The first-order chi connectivity index (χ1) is 18.1. The molecule has 1 aromatic rings. The molecule has 0 radical (unpaired) electrons. The van der Waals surface area contributed by atoms with Gasteiger partial charge in [0.15, 0.2) is 14.0 Å². The molecule has 0 spiro atoms. The number of terminal acetylenes is 1. The molecule has 0 fully saturated rings. The Bertz CT molecular complexity index is 951. The Morgan fingerprint density at radius 3 is 2.36 bits per heavy atom. The Morgan fingerprint density at radius 2 is 1.85 bits per heavy atom. The monoisotopic (exact) mass is 579 g/mol. The summed E-state index contributed by atoms with van der Waals surface area (Å²) in [5.41, 5.74) is 6.79. The molecule has 4 atom stereocenters. The number of carbonyl (C=O) groups is 2. The highest BCUT2D eigenvalue weighted by Crippen LogP contribution is 2.42. The van der Waals surface area contributed by atoms with Crippen molar-refractivity contribution in [1.29, 1.82) is 0 Å². The van der Waals surface area contributed by atoms with Crippen molar-refractivity contribution < 1.29 is 18.8 Å². The van der Waals surface area contributed by atoms with Gasteiger partial charge in [0.2, 0.25) is 5.91 Å². The molecule has 7 nitrogen and oxygen atoms in total. The average molecular weight is 580 g/mol. The summed E-state index contributed by atoms with van der Waals surface area (Å²) in [7, 11) is -2.23. The van der Waals surface area contributed by atoms with Crippen LogP contribution in [0.5, 0.6) is 0 Å². The van der Waals surface area contributed by atoms with Crippen molar-refractivity contribution in [2.45, 2.75) is 124 Å². The molecule has 1 amide bonds. The zero-order valence-corrected chi connectivity index (χ0v) is 27.8. The number of aromatic nitrogens is 1. The fourth-order valence-corrected chi connectivity index (χ4v) is 6.27. The number of unbranched alkanes of at least 4 members (excludes halogenated alkanes) is 2. The van der Waals surface area contributed by atoms with E-state index in [1.54, 1.807) is 12.3 Å². The number of thiazole rings is 1. The molecule has 4 unspecified atom stereocenters. The molecule has 2 N–H and O–H groups in total. The Morgan fingerprint density at radius 1 is 1.21 bits per heavy atom. The summed E-state index contributed by atoms with van der Waals surface area (Å²) in [5, 5.41) is 2.45. The quantitative estimate of drug-likeness (QED) is 0.100. The third kappa shape index (κ3) is 10.3. The number of ether oxygens (including phenoxy) is 1. The molecular formula is C30H53N3O4SSi. The maximum atomic E-state index is 13.8. The Kier molecular flexibility index (Phi) is 14.4. The molecule has 0 aliphatic carbocycles. The molecule has 0 aromatic carbocycles. The van der Waals surface area contributed by atoms with E-state index in [-0.39, 0.29) is 41.5 Å². The number of nitrogens with two attached hydrogens (primary N) is 1. The first-order valence-electron chi connectivity index (χ1n) is 14.4. The van der Waals surface area contributed by atoms with Crippen LogP contribution in [0.1, 0.15) is 109 Å². The van der Waals surface area contributed by atoms with E-state index in [0.29, 0.717) is 25.1 Å². The van der Waals surface area contributed by atoms with Crippen molar-refractivity contribution in [3.05, 3.63) is 16.1 Å². The molecule has 1 rings (SSSR count). The van der Waals surface area contributed by atoms with Crippen LogP contribution in [0, 0.1) is 24.2 Å². The van der Waals surface area contributed by atoms with Gasteiger partial charge in [-0.15, -0.1) is 23.7 Å². The van der Waals surface area contributed by atoms with Crippen LogP contribution in [0.4, 0.5) is 0 Å². The van der Waals surface area contributed by atoms with Crippen molar-refractivity contribution in [3.63, 3.8) is 0 Å². The van der Waals surface area contributed by atoms with Gasteiger partial charge in [0.05, 0.1) is 18.8 Å². The highest BCUT2D eigenvalue weighted by Gasteiger charge is 2.42. The number of amides is 1. The molecular weight excluding hydrogens is 527 g/mol. The van der Waals surface area contributed by atoms with Gasteiger partial charge in [-0.25, -0.2) is 9.78 Å². The molecule has 39 heavy (non-hydrogen) atoms. The standard InChI is InChI=1S/C30H53N3O4SSi/c1-12-15-16-17-18-33(28(34)26(31)22(6)13-2)24(21(4)5)19-25(37-39(10,11)30(7,8)9)27-32-23(20-38-27)29(35)36-14-3/h1,20-22,24-26H,13-19,31H2,2-11H3. The Labute approximate surface area is 242 Å². The van der Waals surface area contributed by atoms with E-state index >= 15 is 0 Å². The Balaban J connectivity index is 3.50. The summed E-state index contributed by atoms with van der Waals surface area (Å²) < 4.78 is 12.1. The molecule has 9 heteroatoms. The van der Waals surface area contributed by atoms with E-state index in [1.807, 2.05) is 11.8 Å². The van der Waals surface area contributed by atoms with Crippen LogP contribution in [-0.2, 0) is 14.0 Å².